The highest BCUT2D eigenvalue weighted by Gasteiger charge is 2.14. The SMILES string of the molecule is [2H]c1cc([2H])c2ncc(Sc3cnc4c([2H])cc([2H])cc4c3SC)c(SC)c2c1. The predicted octanol–water partition coefficient (Wildman–Crippen LogP) is 6.38. The standard InChI is InChI=1S/C20H16N2S3/c1-23-19-13-7-3-5-9-15(13)21-11-17(19)25-18-12-22-16-10-6-4-8-14(16)20(18)24-2/h3-12H,1-2H3/i3D,4D,9D,10D. The first-order valence-electron chi connectivity index (χ1n) is 9.48. The van der Waals surface area contributed by atoms with Crippen LogP contribution >= 0.6 is 35.3 Å². The third-order valence-electron chi connectivity index (χ3n) is 3.74. The molecule has 2 heterocycles. The number of hydrogen-bond donors (Lipinski definition) is 0. The van der Waals surface area contributed by atoms with E-state index in [1.165, 1.54) is 23.9 Å². The molecule has 2 aromatic carbocycles. The highest BCUT2D eigenvalue weighted by molar-refractivity contribution is 8.03. The summed E-state index contributed by atoms with van der Waals surface area (Å²) in [6.07, 6.45) is 7.50. The Balaban J connectivity index is 1.90. The second-order valence-electron chi connectivity index (χ2n) is 5.14. The molecule has 2 nitrogen and oxygen atoms in total. The van der Waals surface area contributed by atoms with E-state index in [0.29, 0.717) is 23.1 Å². The maximum atomic E-state index is 8.11. The van der Waals surface area contributed by atoms with Crippen LogP contribution in [0.2, 0.25) is 0 Å². The number of rotatable bonds is 4. The summed E-state index contributed by atoms with van der Waals surface area (Å²) in [5.41, 5.74) is 1.18. The molecular weight excluding hydrogens is 364 g/mol. The maximum Gasteiger partial charge on any atom is 0.0714 e. The van der Waals surface area contributed by atoms with Crippen LogP contribution < -0.4 is 0 Å². The molecule has 4 aromatic rings. The number of benzene rings is 2. The van der Waals surface area contributed by atoms with E-state index in [4.69, 9.17) is 5.48 Å². The molecule has 0 spiro atoms. The van der Waals surface area contributed by atoms with Crippen molar-refractivity contribution in [3.8, 4) is 0 Å². The van der Waals surface area contributed by atoms with Gasteiger partial charge in [0.05, 0.1) is 16.5 Å². The van der Waals surface area contributed by atoms with E-state index in [-0.39, 0.29) is 12.1 Å². The van der Waals surface area contributed by atoms with Gasteiger partial charge in [-0.05, 0) is 24.6 Å². The van der Waals surface area contributed by atoms with Crippen LogP contribution in [0.25, 0.3) is 21.8 Å². The lowest BCUT2D eigenvalue weighted by molar-refractivity contribution is 1.16. The summed E-state index contributed by atoms with van der Waals surface area (Å²) >= 11 is 4.67. The van der Waals surface area contributed by atoms with Crippen molar-refractivity contribution in [2.45, 2.75) is 19.6 Å². The van der Waals surface area contributed by atoms with Gasteiger partial charge in [-0.25, -0.2) is 0 Å². The van der Waals surface area contributed by atoms with Crippen molar-refractivity contribution >= 4 is 57.1 Å². The minimum atomic E-state index is 0.252. The van der Waals surface area contributed by atoms with Crippen molar-refractivity contribution in [3.05, 3.63) is 60.8 Å². The number of fused-ring (bicyclic) bond motifs is 2. The van der Waals surface area contributed by atoms with Gasteiger partial charge in [0.15, 0.2) is 0 Å². The van der Waals surface area contributed by atoms with Crippen LogP contribution in [0, 0.1) is 0 Å². The predicted molar refractivity (Wildman–Crippen MR) is 111 cm³/mol. The van der Waals surface area contributed by atoms with Crippen molar-refractivity contribution in [3.63, 3.8) is 0 Å². The fourth-order valence-electron chi connectivity index (χ4n) is 2.64. The number of nitrogens with zero attached hydrogens (tertiary/aromatic N) is 2. The molecule has 2 aromatic heterocycles. The molecule has 124 valence electrons. The molecule has 0 amide bonds. The van der Waals surface area contributed by atoms with Crippen LogP contribution in [0.3, 0.4) is 0 Å². The van der Waals surface area contributed by atoms with Crippen molar-refractivity contribution in [2.24, 2.45) is 0 Å². The molecule has 0 saturated carbocycles. The molecule has 0 unspecified atom stereocenters. The van der Waals surface area contributed by atoms with Crippen molar-refractivity contribution < 1.29 is 5.48 Å². The topological polar surface area (TPSA) is 25.8 Å². The van der Waals surface area contributed by atoms with E-state index in [1.807, 2.05) is 12.5 Å². The Hall–Kier alpha value is -1.69. The maximum absolute atomic E-state index is 8.11. The Kier molecular flexibility index (Phi) is 3.68. The monoisotopic (exact) mass is 384 g/mol. The minimum Gasteiger partial charge on any atom is -0.255 e. The largest absolute Gasteiger partial charge is 0.255 e. The fraction of sp³-hybridized carbons (Fsp3) is 0.100. The van der Waals surface area contributed by atoms with Crippen LogP contribution in [-0.2, 0) is 0 Å². The van der Waals surface area contributed by atoms with E-state index in [1.54, 1.807) is 48.1 Å². The third kappa shape index (κ3) is 3.12. The molecule has 0 N–H and O–H groups in total. The summed E-state index contributed by atoms with van der Waals surface area (Å²) < 4.78 is 32.2. The number of hydrogen-bond acceptors (Lipinski definition) is 5. The van der Waals surface area contributed by atoms with E-state index in [9.17, 15) is 0 Å². The second-order valence-corrected chi connectivity index (χ2v) is 7.85. The zero-order valence-corrected chi connectivity index (χ0v) is 16.0. The molecule has 0 bridgehead atoms. The molecule has 0 aliphatic rings. The van der Waals surface area contributed by atoms with E-state index in [0.717, 1.165) is 30.4 Å². The van der Waals surface area contributed by atoms with Gasteiger partial charge < -0.3 is 0 Å². The van der Waals surface area contributed by atoms with Gasteiger partial charge in [-0.1, -0.05) is 48.1 Å². The normalized spacial score (nSPS) is 13.5. The molecule has 4 rings (SSSR count). The zero-order chi connectivity index (χ0) is 20.7. The van der Waals surface area contributed by atoms with Gasteiger partial charge in [0, 0.05) is 42.7 Å². The molecule has 0 saturated heterocycles. The second kappa shape index (κ2) is 7.28. The summed E-state index contributed by atoms with van der Waals surface area (Å²) in [6, 6.07) is 7.61. The summed E-state index contributed by atoms with van der Waals surface area (Å²) in [6.45, 7) is 0. The number of para-hydroxylation sites is 2. The third-order valence-corrected chi connectivity index (χ3v) is 6.75. The first kappa shape index (κ1) is 12.6. The van der Waals surface area contributed by atoms with Gasteiger partial charge in [0.2, 0.25) is 0 Å². The fourth-order valence-corrected chi connectivity index (χ4v) is 5.50. The minimum absolute atomic E-state index is 0.252. The van der Waals surface area contributed by atoms with Gasteiger partial charge in [-0.15, -0.1) is 23.5 Å². The smallest absolute Gasteiger partial charge is 0.0714 e. The lowest BCUT2D eigenvalue weighted by Gasteiger charge is -2.13. The summed E-state index contributed by atoms with van der Waals surface area (Å²) in [7, 11) is 0. The van der Waals surface area contributed by atoms with Crippen molar-refractivity contribution in [1.82, 2.24) is 9.97 Å². The average Bonchev–Trinajstić information content (AvgIpc) is 2.67. The summed E-state index contributed by atoms with van der Waals surface area (Å²) in [4.78, 5) is 12.8. The molecule has 5 heteroatoms. The van der Waals surface area contributed by atoms with Gasteiger partial charge in [0.1, 0.15) is 0 Å². The first-order chi connectivity index (χ1) is 13.9. The average molecular weight is 385 g/mol. The van der Waals surface area contributed by atoms with E-state index in [2.05, 4.69) is 9.97 Å². The lowest BCUT2D eigenvalue weighted by Crippen LogP contribution is -1.89. The Morgan fingerprint density at radius 2 is 1.28 bits per heavy atom. The van der Waals surface area contributed by atoms with Crippen molar-refractivity contribution in [2.75, 3.05) is 12.5 Å². The number of pyridine rings is 2. The van der Waals surface area contributed by atoms with Gasteiger partial charge >= 0.3 is 0 Å². The molecule has 0 fully saturated rings. The van der Waals surface area contributed by atoms with Crippen LogP contribution in [0.4, 0.5) is 0 Å². The van der Waals surface area contributed by atoms with Gasteiger partial charge in [-0.3, -0.25) is 9.97 Å². The quantitative estimate of drug-likeness (QED) is 0.380. The zero-order valence-electron chi connectivity index (χ0n) is 17.6. The van der Waals surface area contributed by atoms with Crippen LogP contribution in [-0.4, -0.2) is 22.5 Å². The number of aromatic nitrogens is 2. The summed E-state index contributed by atoms with van der Waals surface area (Å²) in [5.74, 6) is 0. The Labute approximate surface area is 165 Å². The van der Waals surface area contributed by atoms with Gasteiger partial charge in [0.25, 0.3) is 0 Å². The van der Waals surface area contributed by atoms with E-state index < -0.39 is 0 Å². The highest BCUT2D eigenvalue weighted by atomic mass is 32.2. The Morgan fingerprint density at radius 1 is 0.800 bits per heavy atom. The molecule has 0 atom stereocenters. The summed E-state index contributed by atoms with van der Waals surface area (Å²) in [5, 5.41) is 1.61. The molecule has 0 radical (unpaired) electrons. The molecule has 0 aliphatic carbocycles. The molecule has 25 heavy (non-hydrogen) atoms. The van der Waals surface area contributed by atoms with Gasteiger partial charge in [-0.2, -0.15) is 0 Å². The highest BCUT2D eigenvalue weighted by Crippen LogP contribution is 2.42. The first-order valence-corrected chi connectivity index (χ1v) is 10.7. The lowest BCUT2D eigenvalue weighted by atomic mass is 10.2. The van der Waals surface area contributed by atoms with Crippen LogP contribution in [0.5, 0.6) is 0 Å². The molecule has 0 aliphatic heterocycles. The van der Waals surface area contributed by atoms with E-state index >= 15 is 0 Å². The number of thioether (sulfide) groups is 2. The van der Waals surface area contributed by atoms with Crippen LogP contribution in [0.15, 0.2) is 80.4 Å². The Morgan fingerprint density at radius 3 is 1.72 bits per heavy atom. The van der Waals surface area contributed by atoms with Crippen LogP contribution in [0.1, 0.15) is 5.48 Å². The van der Waals surface area contributed by atoms with Crippen molar-refractivity contribution in [1.29, 1.82) is 0 Å². The molecular formula is C20H16N2S3. The Bertz CT molecular complexity index is 1170.